The molecular weight excluding hydrogens is 533 g/mol. The van der Waals surface area contributed by atoms with Gasteiger partial charge in [-0.15, -0.1) is 0 Å². The molecule has 0 aliphatic carbocycles. The topological polar surface area (TPSA) is 37.3 Å². The van der Waals surface area contributed by atoms with Gasteiger partial charge >= 0.3 is 5.97 Å². The fraction of sp³-hybridized carbons (Fsp3) is 0.100. The molecule has 0 atom stereocenters. The Labute approximate surface area is 129 Å². The van der Waals surface area contributed by atoms with Crippen molar-refractivity contribution in [3.63, 3.8) is 0 Å². The van der Waals surface area contributed by atoms with Crippen LogP contribution in [0.4, 0.5) is 0 Å². The Balaban J connectivity index is 3.27. The summed E-state index contributed by atoms with van der Waals surface area (Å²) >= 11 is 6.69. The normalized spacial score (nSPS) is 11.6. The summed E-state index contributed by atoms with van der Waals surface area (Å²) in [5.74, 6) is -0.875. The summed E-state index contributed by atoms with van der Waals surface area (Å²) in [5, 5.41) is 8.81. The van der Waals surface area contributed by atoms with Crippen molar-refractivity contribution in [1.29, 1.82) is 0 Å². The number of benzene rings is 1. The Bertz CT molecular complexity index is 415. The van der Waals surface area contributed by atoms with Crippen molar-refractivity contribution in [2.45, 2.75) is 6.92 Å². The summed E-state index contributed by atoms with van der Waals surface area (Å²) in [6, 6.07) is 4.06. The lowest BCUT2D eigenvalue weighted by Crippen LogP contribution is -1.97. The minimum Gasteiger partial charge on any atom is -0.478 e. The lowest BCUT2D eigenvalue weighted by molar-refractivity contribution is -0.132. The highest BCUT2D eigenvalue weighted by Gasteiger charge is 2.07. The van der Waals surface area contributed by atoms with Crippen LogP contribution in [0.2, 0.25) is 0 Å². The molecule has 15 heavy (non-hydrogen) atoms. The molecule has 2 nitrogen and oxygen atoms in total. The van der Waals surface area contributed by atoms with Crippen molar-refractivity contribution < 1.29 is 9.90 Å². The predicted molar refractivity (Wildman–Crippen MR) is 85.9 cm³/mol. The largest absolute Gasteiger partial charge is 0.478 e. The van der Waals surface area contributed by atoms with Crippen molar-refractivity contribution in [2.24, 2.45) is 0 Å². The van der Waals surface area contributed by atoms with Gasteiger partial charge in [-0.3, -0.25) is 0 Å². The third-order valence-electron chi connectivity index (χ3n) is 1.74. The van der Waals surface area contributed by atoms with Crippen LogP contribution < -0.4 is 0 Å². The first-order chi connectivity index (χ1) is 6.91. The van der Waals surface area contributed by atoms with E-state index >= 15 is 0 Å². The van der Waals surface area contributed by atoms with E-state index in [-0.39, 0.29) is 0 Å². The quantitative estimate of drug-likeness (QED) is 0.456. The molecule has 1 aromatic carbocycles. The molecular formula is C10H7I3O2. The lowest BCUT2D eigenvalue weighted by Gasteiger charge is -2.04. The van der Waals surface area contributed by atoms with Crippen LogP contribution in [0, 0.1) is 10.7 Å². The van der Waals surface area contributed by atoms with E-state index in [9.17, 15) is 4.79 Å². The number of carboxylic acids is 1. The maximum Gasteiger partial charge on any atom is 0.331 e. The van der Waals surface area contributed by atoms with Crippen LogP contribution in [-0.2, 0) is 4.79 Å². The molecule has 5 heteroatoms. The first-order valence-corrected chi connectivity index (χ1v) is 7.21. The molecule has 0 saturated carbocycles. The van der Waals surface area contributed by atoms with E-state index in [1.54, 1.807) is 13.0 Å². The summed E-state index contributed by atoms with van der Waals surface area (Å²) < 4.78 is 3.31. The molecule has 1 aromatic rings. The van der Waals surface area contributed by atoms with Crippen LogP contribution in [-0.4, -0.2) is 11.1 Å². The fourth-order valence-corrected chi connectivity index (χ4v) is 4.86. The van der Waals surface area contributed by atoms with Gasteiger partial charge in [0.2, 0.25) is 0 Å². The Morgan fingerprint density at radius 2 is 1.73 bits per heavy atom. The van der Waals surface area contributed by atoms with Crippen molar-refractivity contribution in [2.75, 3.05) is 0 Å². The molecule has 0 saturated heterocycles. The van der Waals surface area contributed by atoms with E-state index in [1.807, 2.05) is 12.1 Å². The van der Waals surface area contributed by atoms with Crippen molar-refractivity contribution in [3.05, 3.63) is 34.0 Å². The van der Waals surface area contributed by atoms with Gasteiger partial charge in [0.15, 0.2) is 0 Å². The molecule has 0 amide bonds. The Morgan fingerprint density at radius 3 is 2.13 bits per heavy atom. The first-order valence-electron chi connectivity index (χ1n) is 3.98. The predicted octanol–water partition coefficient (Wildman–Crippen LogP) is 3.99. The zero-order valence-corrected chi connectivity index (χ0v) is 14.2. The molecule has 0 radical (unpaired) electrons. The highest BCUT2D eigenvalue weighted by molar-refractivity contribution is 14.1. The molecule has 1 rings (SSSR count). The molecule has 1 N–H and O–H groups in total. The van der Waals surface area contributed by atoms with Gasteiger partial charge in [0, 0.05) is 21.8 Å². The summed E-state index contributed by atoms with van der Waals surface area (Å²) in [5.41, 5.74) is 1.34. The van der Waals surface area contributed by atoms with Gasteiger partial charge in [0.1, 0.15) is 0 Å². The highest BCUT2D eigenvalue weighted by Crippen LogP contribution is 2.24. The van der Waals surface area contributed by atoms with Gasteiger partial charge in [-0.1, -0.05) is 0 Å². The summed E-state index contributed by atoms with van der Waals surface area (Å²) in [6.45, 7) is 1.60. The highest BCUT2D eigenvalue weighted by atomic mass is 127. The standard InChI is InChI=1S/C10H7I3O2/c1-5(10(14)15)2-7-8(12)3-6(11)4-9(7)13/h2-4H,1H3,(H,14,15). The zero-order valence-electron chi connectivity index (χ0n) is 7.72. The number of aliphatic carboxylic acids is 1. The van der Waals surface area contributed by atoms with Crippen LogP contribution in [0.25, 0.3) is 6.08 Å². The third kappa shape index (κ3) is 3.84. The third-order valence-corrected chi connectivity index (χ3v) is 4.15. The van der Waals surface area contributed by atoms with Gasteiger partial charge in [0.25, 0.3) is 0 Å². The molecule has 0 heterocycles. The number of rotatable bonds is 2. The van der Waals surface area contributed by atoms with Crippen LogP contribution in [0.1, 0.15) is 12.5 Å². The lowest BCUT2D eigenvalue weighted by atomic mass is 10.1. The van der Waals surface area contributed by atoms with E-state index < -0.39 is 5.97 Å². The zero-order chi connectivity index (χ0) is 11.6. The average Bonchev–Trinajstić information content (AvgIpc) is 2.10. The number of hydrogen-bond donors (Lipinski definition) is 1. The molecule has 0 spiro atoms. The summed E-state index contributed by atoms with van der Waals surface area (Å²) in [7, 11) is 0. The fourth-order valence-electron chi connectivity index (χ4n) is 0.970. The van der Waals surface area contributed by atoms with Crippen LogP contribution in [0.15, 0.2) is 17.7 Å². The van der Waals surface area contributed by atoms with E-state index in [1.165, 1.54) is 0 Å². The minimum absolute atomic E-state index is 0.354. The van der Waals surface area contributed by atoms with Gasteiger partial charge in [-0.25, -0.2) is 4.79 Å². The summed E-state index contributed by atoms with van der Waals surface area (Å²) in [4.78, 5) is 10.7. The average molecular weight is 540 g/mol. The van der Waals surface area contributed by atoms with E-state index in [2.05, 4.69) is 67.8 Å². The van der Waals surface area contributed by atoms with Crippen LogP contribution in [0.3, 0.4) is 0 Å². The maximum absolute atomic E-state index is 10.7. The molecule has 0 bridgehead atoms. The molecule has 0 unspecified atom stereocenters. The second-order valence-electron chi connectivity index (χ2n) is 2.92. The van der Waals surface area contributed by atoms with Crippen molar-refractivity contribution in [3.8, 4) is 0 Å². The molecule has 0 aliphatic rings. The van der Waals surface area contributed by atoms with Gasteiger partial charge in [0.05, 0.1) is 0 Å². The number of halogens is 3. The van der Waals surface area contributed by atoms with Crippen LogP contribution >= 0.6 is 67.8 Å². The SMILES string of the molecule is CC(=Cc1c(I)cc(I)cc1I)C(=O)O. The molecule has 0 fully saturated rings. The second kappa shape index (κ2) is 5.80. The molecule has 0 aromatic heterocycles. The minimum atomic E-state index is -0.875. The van der Waals surface area contributed by atoms with Crippen molar-refractivity contribution >= 4 is 79.8 Å². The van der Waals surface area contributed by atoms with E-state index in [0.29, 0.717) is 5.57 Å². The Hall–Kier alpha value is 0.620. The number of carboxylic acid groups (broad SMARTS) is 1. The second-order valence-corrected chi connectivity index (χ2v) is 6.49. The van der Waals surface area contributed by atoms with Gasteiger partial charge < -0.3 is 5.11 Å². The monoisotopic (exact) mass is 540 g/mol. The number of carbonyl (C=O) groups is 1. The van der Waals surface area contributed by atoms with Gasteiger partial charge in [-0.05, 0) is 92.9 Å². The van der Waals surface area contributed by atoms with Gasteiger partial charge in [-0.2, -0.15) is 0 Å². The smallest absolute Gasteiger partial charge is 0.331 e. The molecule has 80 valence electrons. The number of hydrogen-bond acceptors (Lipinski definition) is 1. The Kier molecular flexibility index (Phi) is 5.29. The van der Waals surface area contributed by atoms with Crippen LogP contribution in [0.5, 0.6) is 0 Å². The van der Waals surface area contributed by atoms with E-state index in [0.717, 1.165) is 16.3 Å². The van der Waals surface area contributed by atoms with E-state index in [4.69, 9.17) is 5.11 Å². The maximum atomic E-state index is 10.7. The van der Waals surface area contributed by atoms with Crippen molar-refractivity contribution in [1.82, 2.24) is 0 Å². The Morgan fingerprint density at radius 1 is 1.27 bits per heavy atom. The summed E-state index contributed by atoms with van der Waals surface area (Å²) in [6.07, 6.45) is 1.71. The molecule has 0 aliphatic heterocycles. The first kappa shape index (κ1) is 13.7.